The van der Waals surface area contributed by atoms with Crippen molar-refractivity contribution in [3.63, 3.8) is 0 Å². The highest BCUT2D eigenvalue weighted by Crippen LogP contribution is 2.34. The first-order valence-corrected chi connectivity index (χ1v) is 11.3. The minimum absolute atomic E-state index is 0.0124. The van der Waals surface area contributed by atoms with E-state index in [-0.39, 0.29) is 17.7 Å². The fraction of sp³-hybridized carbons (Fsp3) is 0.259. The van der Waals surface area contributed by atoms with E-state index in [0.717, 1.165) is 58.4 Å². The van der Waals surface area contributed by atoms with Gasteiger partial charge in [-0.3, -0.25) is 9.78 Å². The molecular formula is C27H26N4O2. The minimum Gasteiger partial charge on any atom is -0.497 e. The monoisotopic (exact) mass is 438 g/mol. The summed E-state index contributed by atoms with van der Waals surface area (Å²) in [5.41, 5.74) is 3.81. The molecule has 2 aromatic heterocycles. The third kappa shape index (κ3) is 4.29. The molecule has 2 atom stereocenters. The number of nitrogens with one attached hydrogen (secondary N) is 1. The van der Waals surface area contributed by atoms with E-state index in [4.69, 9.17) is 14.7 Å². The van der Waals surface area contributed by atoms with Gasteiger partial charge in [0, 0.05) is 35.3 Å². The molecule has 2 heterocycles. The van der Waals surface area contributed by atoms with Crippen molar-refractivity contribution < 1.29 is 9.53 Å². The Labute approximate surface area is 193 Å². The summed E-state index contributed by atoms with van der Waals surface area (Å²) in [6.07, 6.45) is 6.41. The molecule has 0 bridgehead atoms. The summed E-state index contributed by atoms with van der Waals surface area (Å²) in [6.45, 7) is 1.69. The highest BCUT2D eigenvalue weighted by molar-refractivity contribution is 5.94. The number of carbonyl (C=O) groups is 1. The SMILES string of the molecule is COc1cccc(-c2ccc3nc(-c4cccnc4)nc(NC4CCCC4C(C)=O)c3c2)c1. The molecule has 0 aliphatic heterocycles. The van der Waals surface area contributed by atoms with Crippen LogP contribution < -0.4 is 10.1 Å². The van der Waals surface area contributed by atoms with Gasteiger partial charge < -0.3 is 10.1 Å². The van der Waals surface area contributed by atoms with Crippen molar-refractivity contribution in [1.29, 1.82) is 0 Å². The van der Waals surface area contributed by atoms with Gasteiger partial charge >= 0.3 is 0 Å². The van der Waals surface area contributed by atoms with Crippen LogP contribution in [0.15, 0.2) is 67.0 Å². The molecule has 6 heteroatoms. The average Bonchev–Trinajstić information content (AvgIpc) is 3.33. The number of aromatic nitrogens is 3. The molecule has 4 aromatic rings. The zero-order valence-corrected chi connectivity index (χ0v) is 18.8. The number of hydrogen-bond donors (Lipinski definition) is 1. The second-order valence-electron chi connectivity index (χ2n) is 8.50. The van der Waals surface area contributed by atoms with Crippen molar-refractivity contribution in [3.8, 4) is 28.3 Å². The predicted octanol–water partition coefficient (Wildman–Crippen LogP) is 5.54. The Balaban J connectivity index is 1.63. The van der Waals surface area contributed by atoms with E-state index in [0.29, 0.717) is 5.82 Å². The number of fused-ring (bicyclic) bond motifs is 1. The molecule has 0 amide bonds. The molecule has 1 N–H and O–H groups in total. The molecular weight excluding hydrogens is 412 g/mol. The van der Waals surface area contributed by atoms with Crippen LogP contribution in [-0.2, 0) is 4.79 Å². The van der Waals surface area contributed by atoms with Crippen LogP contribution in [0.25, 0.3) is 33.4 Å². The average molecular weight is 439 g/mol. The summed E-state index contributed by atoms with van der Waals surface area (Å²) in [5.74, 6) is 2.42. The summed E-state index contributed by atoms with van der Waals surface area (Å²) in [7, 11) is 1.67. The van der Waals surface area contributed by atoms with Gasteiger partial charge in [0.2, 0.25) is 0 Å². The molecule has 0 spiro atoms. The quantitative estimate of drug-likeness (QED) is 0.426. The normalized spacial score (nSPS) is 17.8. The highest BCUT2D eigenvalue weighted by Gasteiger charge is 2.31. The van der Waals surface area contributed by atoms with Gasteiger partial charge in [0.15, 0.2) is 5.82 Å². The van der Waals surface area contributed by atoms with Crippen LogP contribution in [0.3, 0.4) is 0 Å². The first-order chi connectivity index (χ1) is 16.1. The van der Waals surface area contributed by atoms with Crippen molar-refractivity contribution in [2.24, 2.45) is 5.92 Å². The summed E-state index contributed by atoms with van der Waals surface area (Å²) < 4.78 is 5.40. The molecule has 1 fully saturated rings. The number of hydrogen-bond acceptors (Lipinski definition) is 6. The van der Waals surface area contributed by atoms with Crippen LogP contribution in [0.5, 0.6) is 5.75 Å². The summed E-state index contributed by atoms with van der Waals surface area (Å²) in [5, 5.41) is 4.54. The van der Waals surface area contributed by atoms with Crippen molar-refractivity contribution >= 4 is 22.5 Å². The van der Waals surface area contributed by atoms with Crippen LogP contribution in [0.4, 0.5) is 5.82 Å². The zero-order valence-electron chi connectivity index (χ0n) is 18.8. The molecule has 166 valence electrons. The zero-order chi connectivity index (χ0) is 22.8. The van der Waals surface area contributed by atoms with Crippen LogP contribution in [0, 0.1) is 5.92 Å². The summed E-state index contributed by atoms with van der Waals surface area (Å²) in [4.78, 5) is 26.1. The minimum atomic E-state index is 0.0124. The lowest BCUT2D eigenvalue weighted by molar-refractivity contribution is -0.120. The number of ketones is 1. The summed E-state index contributed by atoms with van der Waals surface area (Å²) in [6, 6.07) is 18.1. The number of benzene rings is 2. The summed E-state index contributed by atoms with van der Waals surface area (Å²) >= 11 is 0. The van der Waals surface area contributed by atoms with Gasteiger partial charge in [0.05, 0.1) is 12.6 Å². The van der Waals surface area contributed by atoms with Gasteiger partial charge in [0.25, 0.3) is 0 Å². The fourth-order valence-corrected chi connectivity index (χ4v) is 4.64. The molecule has 1 aliphatic carbocycles. The number of rotatable bonds is 6. The van der Waals surface area contributed by atoms with E-state index in [9.17, 15) is 4.79 Å². The van der Waals surface area contributed by atoms with Crippen molar-refractivity contribution in [2.75, 3.05) is 12.4 Å². The number of ether oxygens (including phenoxy) is 1. The molecule has 5 rings (SSSR count). The maximum atomic E-state index is 12.2. The van der Waals surface area contributed by atoms with Crippen LogP contribution in [0.1, 0.15) is 26.2 Å². The maximum absolute atomic E-state index is 12.2. The largest absolute Gasteiger partial charge is 0.497 e. The smallest absolute Gasteiger partial charge is 0.163 e. The van der Waals surface area contributed by atoms with Crippen LogP contribution in [-0.4, -0.2) is 33.9 Å². The second-order valence-corrected chi connectivity index (χ2v) is 8.50. The Morgan fingerprint density at radius 2 is 1.85 bits per heavy atom. The van der Waals surface area contributed by atoms with Crippen molar-refractivity contribution in [2.45, 2.75) is 32.2 Å². The Hall–Kier alpha value is -3.80. The fourth-order valence-electron chi connectivity index (χ4n) is 4.64. The highest BCUT2D eigenvalue weighted by atomic mass is 16.5. The van der Waals surface area contributed by atoms with Gasteiger partial charge in [-0.25, -0.2) is 9.97 Å². The number of carbonyl (C=O) groups excluding carboxylic acids is 1. The standard InChI is InChI=1S/C27H26N4O2/c1-17(32)22-9-4-10-24(22)30-27-23-15-19(18-6-3-8-21(14-18)33-2)11-12-25(23)29-26(31-27)20-7-5-13-28-16-20/h3,5-8,11-16,22,24H,4,9-10H2,1-2H3,(H,29,30,31). The topological polar surface area (TPSA) is 77.0 Å². The molecule has 2 unspecified atom stereocenters. The Morgan fingerprint density at radius 1 is 1.00 bits per heavy atom. The van der Waals surface area contributed by atoms with E-state index >= 15 is 0 Å². The lowest BCUT2D eigenvalue weighted by Gasteiger charge is -2.21. The van der Waals surface area contributed by atoms with E-state index in [1.165, 1.54) is 0 Å². The Bertz CT molecular complexity index is 1310. The van der Waals surface area contributed by atoms with Gasteiger partial charge in [0.1, 0.15) is 17.4 Å². The van der Waals surface area contributed by atoms with E-state index < -0.39 is 0 Å². The molecule has 1 aliphatic rings. The molecule has 0 saturated heterocycles. The predicted molar refractivity (Wildman–Crippen MR) is 130 cm³/mol. The number of nitrogens with zero attached hydrogens (tertiary/aromatic N) is 3. The van der Waals surface area contributed by atoms with Crippen LogP contribution >= 0.6 is 0 Å². The molecule has 6 nitrogen and oxygen atoms in total. The first-order valence-electron chi connectivity index (χ1n) is 11.3. The Morgan fingerprint density at radius 3 is 2.64 bits per heavy atom. The van der Waals surface area contributed by atoms with Crippen LogP contribution in [0.2, 0.25) is 0 Å². The maximum Gasteiger partial charge on any atom is 0.163 e. The van der Waals surface area contributed by atoms with Crippen molar-refractivity contribution in [1.82, 2.24) is 15.0 Å². The second kappa shape index (κ2) is 8.98. The number of pyridine rings is 1. The number of anilines is 1. The third-order valence-corrected chi connectivity index (χ3v) is 6.38. The van der Waals surface area contributed by atoms with Gasteiger partial charge in [-0.2, -0.15) is 0 Å². The number of methoxy groups -OCH3 is 1. The van der Waals surface area contributed by atoms with E-state index in [2.05, 4.69) is 28.5 Å². The lowest BCUT2D eigenvalue weighted by atomic mass is 9.99. The first kappa shape index (κ1) is 21.1. The van der Waals surface area contributed by atoms with Crippen molar-refractivity contribution in [3.05, 3.63) is 67.0 Å². The Kier molecular flexibility index (Phi) is 5.73. The molecule has 2 aromatic carbocycles. The lowest BCUT2D eigenvalue weighted by Crippen LogP contribution is -2.29. The van der Waals surface area contributed by atoms with Gasteiger partial charge in [-0.1, -0.05) is 24.6 Å². The third-order valence-electron chi connectivity index (χ3n) is 6.38. The van der Waals surface area contributed by atoms with E-state index in [1.54, 1.807) is 26.4 Å². The molecule has 0 radical (unpaired) electrons. The van der Waals surface area contributed by atoms with Gasteiger partial charge in [-0.05, 0) is 67.3 Å². The molecule has 1 saturated carbocycles. The number of Topliss-reactive ketones (excluding diaryl/α,β-unsaturated/α-hetero) is 1. The van der Waals surface area contributed by atoms with Gasteiger partial charge in [-0.15, -0.1) is 0 Å². The van der Waals surface area contributed by atoms with E-state index in [1.807, 2.05) is 36.4 Å². The molecule has 33 heavy (non-hydrogen) atoms.